The standard InChI is InChI=1S/C16H23FO2/c1-3-4-5-13(8-9-17)15(18)19-16(2)11-12-6-7-14(16)10-12/h3-5,12,14H,6-11H2,1-2H3/b4-3-,13-5+. The van der Waals surface area contributed by atoms with Crippen LogP contribution >= 0.6 is 0 Å². The first-order valence-corrected chi connectivity index (χ1v) is 7.20. The van der Waals surface area contributed by atoms with Crippen molar-refractivity contribution in [2.24, 2.45) is 11.8 Å². The van der Waals surface area contributed by atoms with Gasteiger partial charge in [0.15, 0.2) is 0 Å². The Morgan fingerprint density at radius 1 is 1.47 bits per heavy atom. The second-order valence-electron chi connectivity index (χ2n) is 5.94. The molecule has 3 atom stereocenters. The smallest absolute Gasteiger partial charge is 0.334 e. The maximum atomic E-state index is 12.5. The lowest BCUT2D eigenvalue weighted by Crippen LogP contribution is -2.37. The highest BCUT2D eigenvalue weighted by atomic mass is 19.1. The van der Waals surface area contributed by atoms with Gasteiger partial charge in [-0.1, -0.05) is 18.2 Å². The molecule has 2 bridgehead atoms. The summed E-state index contributed by atoms with van der Waals surface area (Å²) in [7, 11) is 0. The number of carbonyl (C=O) groups excluding carboxylic acids is 1. The molecule has 0 spiro atoms. The van der Waals surface area contributed by atoms with Crippen LogP contribution in [0, 0.1) is 11.8 Å². The van der Waals surface area contributed by atoms with Gasteiger partial charge in [-0.25, -0.2) is 4.79 Å². The van der Waals surface area contributed by atoms with E-state index >= 15 is 0 Å². The number of hydrogen-bond donors (Lipinski definition) is 0. The van der Waals surface area contributed by atoms with Crippen LogP contribution < -0.4 is 0 Å². The van der Waals surface area contributed by atoms with Crippen LogP contribution in [0.25, 0.3) is 0 Å². The van der Waals surface area contributed by atoms with Crippen LogP contribution in [0.4, 0.5) is 4.39 Å². The third-order valence-electron chi connectivity index (χ3n) is 4.54. The molecule has 0 amide bonds. The van der Waals surface area contributed by atoms with E-state index in [9.17, 15) is 9.18 Å². The van der Waals surface area contributed by atoms with E-state index < -0.39 is 6.67 Å². The van der Waals surface area contributed by atoms with E-state index in [1.165, 1.54) is 12.8 Å². The van der Waals surface area contributed by atoms with Crippen LogP contribution in [0.15, 0.2) is 23.8 Å². The van der Waals surface area contributed by atoms with Crippen LogP contribution in [0.2, 0.25) is 0 Å². The minimum absolute atomic E-state index is 0.132. The molecule has 0 aliphatic heterocycles. The quantitative estimate of drug-likeness (QED) is 0.427. The number of halogens is 1. The van der Waals surface area contributed by atoms with Crippen molar-refractivity contribution in [3.63, 3.8) is 0 Å². The van der Waals surface area contributed by atoms with Gasteiger partial charge in [-0.15, -0.1) is 0 Å². The summed E-state index contributed by atoms with van der Waals surface area (Å²) in [6.07, 6.45) is 9.96. The second-order valence-corrected chi connectivity index (χ2v) is 5.94. The van der Waals surface area contributed by atoms with Crippen molar-refractivity contribution in [2.75, 3.05) is 6.67 Å². The van der Waals surface area contributed by atoms with E-state index in [2.05, 4.69) is 0 Å². The molecule has 0 radical (unpaired) electrons. The first-order valence-electron chi connectivity index (χ1n) is 7.20. The van der Waals surface area contributed by atoms with E-state index in [1.807, 2.05) is 19.9 Å². The fraction of sp³-hybridized carbons (Fsp3) is 0.688. The molecule has 2 saturated carbocycles. The highest BCUT2D eigenvalue weighted by Crippen LogP contribution is 2.52. The maximum absolute atomic E-state index is 12.5. The number of carbonyl (C=O) groups is 1. The molecule has 3 unspecified atom stereocenters. The Balaban J connectivity index is 2.03. The summed E-state index contributed by atoms with van der Waals surface area (Å²) in [5.41, 5.74) is 0.107. The van der Waals surface area contributed by atoms with E-state index in [0.29, 0.717) is 17.4 Å². The fourth-order valence-corrected chi connectivity index (χ4v) is 3.52. The van der Waals surface area contributed by atoms with Gasteiger partial charge in [-0.05, 0) is 51.4 Å². The molecule has 2 nitrogen and oxygen atoms in total. The van der Waals surface area contributed by atoms with Crippen LogP contribution in [-0.2, 0) is 9.53 Å². The minimum Gasteiger partial charge on any atom is -0.456 e. The van der Waals surface area contributed by atoms with Gasteiger partial charge < -0.3 is 4.74 Å². The number of allylic oxidation sites excluding steroid dienone is 3. The Kier molecular flexibility index (Phi) is 4.43. The zero-order valence-electron chi connectivity index (χ0n) is 11.8. The molecule has 2 rings (SSSR count). The normalized spacial score (nSPS) is 34.2. The number of ether oxygens (including phenoxy) is 1. The Bertz CT molecular complexity index is 400. The van der Waals surface area contributed by atoms with Gasteiger partial charge >= 0.3 is 5.97 Å². The Morgan fingerprint density at radius 3 is 2.79 bits per heavy atom. The molecule has 2 aliphatic rings. The predicted molar refractivity (Wildman–Crippen MR) is 73.4 cm³/mol. The fourth-order valence-electron chi connectivity index (χ4n) is 3.52. The zero-order valence-corrected chi connectivity index (χ0v) is 11.8. The van der Waals surface area contributed by atoms with Gasteiger partial charge in [0.25, 0.3) is 0 Å². The van der Waals surface area contributed by atoms with Crippen molar-refractivity contribution in [2.45, 2.75) is 51.6 Å². The second kappa shape index (κ2) is 5.89. The van der Waals surface area contributed by atoms with Crippen LogP contribution in [0.3, 0.4) is 0 Å². The molecule has 0 heterocycles. The summed E-state index contributed by atoms with van der Waals surface area (Å²) in [4.78, 5) is 12.2. The third kappa shape index (κ3) is 3.07. The van der Waals surface area contributed by atoms with Gasteiger partial charge in [0.05, 0.1) is 6.67 Å². The summed E-state index contributed by atoms with van der Waals surface area (Å²) in [5, 5.41) is 0. The summed E-state index contributed by atoms with van der Waals surface area (Å²) in [5.74, 6) is 0.868. The summed E-state index contributed by atoms with van der Waals surface area (Å²) in [6, 6.07) is 0. The SMILES string of the molecule is C/C=C\C=C(/CCF)C(=O)OC1(C)CC2CCC1C2. The Hall–Kier alpha value is -1.12. The summed E-state index contributed by atoms with van der Waals surface area (Å²) in [6.45, 7) is 3.38. The van der Waals surface area contributed by atoms with Crippen molar-refractivity contribution in [1.82, 2.24) is 0 Å². The van der Waals surface area contributed by atoms with Crippen molar-refractivity contribution >= 4 is 5.97 Å². The van der Waals surface area contributed by atoms with E-state index in [4.69, 9.17) is 4.74 Å². The van der Waals surface area contributed by atoms with Crippen molar-refractivity contribution < 1.29 is 13.9 Å². The molecule has 0 aromatic heterocycles. The molecule has 0 aromatic rings. The molecule has 0 saturated heterocycles. The van der Waals surface area contributed by atoms with Crippen molar-refractivity contribution in [1.29, 1.82) is 0 Å². The average Bonchev–Trinajstić information content (AvgIpc) is 2.93. The molecular weight excluding hydrogens is 243 g/mol. The zero-order chi connectivity index (χ0) is 13.9. The highest BCUT2D eigenvalue weighted by Gasteiger charge is 2.50. The van der Waals surface area contributed by atoms with Crippen LogP contribution in [0.1, 0.15) is 46.0 Å². The Labute approximate surface area is 114 Å². The lowest BCUT2D eigenvalue weighted by molar-refractivity contribution is -0.158. The van der Waals surface area contributed by atoms with Gasteiger partial charge in [-0.3, -0.25) is 4.39 Å². The summed E-state index contributed by atoms with van der Waals surface area (Å²) < 4.78 is 18.3. The van der Waals surface area contributed by atoms with Crippen molar-refractivity contribution in [3.05, 3.63) is 23.8 Å². The first kappa shape index (κ1) is 14.3. The van der Waals surface area contributed by atoms with E-state index in [-0.39, 0.29) is 18.0 Å². The third-order valence-corrected chi connectivity index (χ3v) is 4.54. The minimum atomic E-state index is -0.527. The maximum Gasteiger partial charge on any atom is 0.334 e. The molecule has 2 fully saturated rings. The van der Waals surface area contributed by atoms with Gasteiger partial charge in [0.2, 0.25) is 0 Å². The number of hydrogen-bond acceptors (Lipinski definition) is 2. The summed E-state index contributed by atoms with van der Waals surface area (Å²) >= 11 is 0. The van der Waals surface area contributed by atoms with Gasteiger partial charge in [0.1, 0.15) is 5.60 Å². The number of esters is 1. The number of rotatable bonds is 5. The Morgan fingerprint density at radius 2 is 2.26 bits per heavy atom. The molecule has 3 heteroatoms. The average molecular weight is 266 g/mol. The molecule has 0 N–H and O–H groups in total. The van der Waals surface area contributed by atoms with Crippen molar-refractivity contribution in [3.8, 4) is 0 Å². The van der Waals surface area contributed by atoms with Crippen LogP contribution in [-0.4, -0.2) is 18.2 Å². The lowest BCUT2D eigenvalue weighted by Gasteiger charge is -2.33. The lowest BCUT2D eigenvalue weighted by atomic mass is 9.85. The van der Waals surface area contributed by atoms with Gasteiger partial charge in [-0.2, -0.15) is 0 Å². The topological polar surface area (TPSA) is 26.3 Å². The van der Waals surface area contributed by atoms with Crippen LogP contribution in [0.5, 0.6) is 0 Å². The molecule has 0 aromatic carbocycles. The number of alkyl halides is 1. The largest absolute Gasteiger partial charge is 0.456 e. The highest BCUT2D eigenvalue weighted by molar-refractivity contribution is 5.89. The monoisotopic (exact) mass is 266 g/mol. The molecule has 106 valence electrons. The van der Waals surface area contributed by atoms with E-state index in [1.54, 1.807) is 12.2 Å². The molecule has 2 aliphatic carbocycles. The molecule has 19 heavy (non-hydrogen) atoms. The molecular formula is C16H23FO2. The van der Waals surface area contributed by atoms with E-state index in [0.717, 1.165) is 12.8 Å². The van der Waals surface area contributed by atoms with Gasteiger partial charge in [0, 0.05) is 12.0 Å². The number of fused-ring (bicyclic) bond motifs is 2. The first-order chi connectivity index (χ1) is 9.09. The predicted octanol–water partition coefficient (Wildman–Crippen LogP) is 3.97.